The van der Waals surface area contributed by atoms with Crippen molar-refractivity contribution in [2.45, 2.75) is 25.3 Å². The van der Waals surface area contributed by atoms with Crippen LogP contribution in [0.1, 0.15) is 19.3 Å². The van der Waals surface area contributed by atoms with Gasteiger partial charge in [-0.2, -0.15) is 0 Å². The molecular formula is C15H17BrN4O. The quantitative estimate of drug-likeness (QED) is 0.922. The van der Waals surface area contributed by atoms with Crippen LogP contribution in [0.3, 0.4) is 0 Å². The van der Waals surface area contributed by atoms with Gasteiger partial charge in [0, 0.05) is 22.1 Å². The molecule has 1 saturated carbocycles. The van der Waals surface area contributed by atoms with E-state index in [0.29, 0.717) is 24.1 Å². The van der Waals surface area contributed by atoms with Gasteiger partial charge in [-0.3, -0.25) is 9.69 Å². The summed E-state index contributed by atoms with van der Waals surface area (Å²) in [4.78, 5) is 22.7. The number of rotatable bonds is 4. The largest absolute Gasteiger partial charge is 0.310 e. The zero-order valence-electron chi connectivity index (χ0n) is 11.8. The van der Waals surface area contributed by atoms with Crippen molar-refractivity contribution < 1.29 is 4.79 Å². The number of carbonyl (C=O) groups is 1. The lowest BCUT2D eigenvalue weighted by Gasteiger charge is -2.34. The lowest BCUT2D eigenvalue weighted by atomic mass is 9.92. The fraction of sp³-hybridized carbons (Fsp3) is 0.400. The number of nitrogens with one attached hydrogen (secondary N) is 1. The van der Waals surface area contributed by atoms with Crippen molar-refractivity contribution in [3.8, 4) is 0 Å². The fourth-order valence-electron chi connectivity index (χ4n) is 2.42. The number of amides is 1. The molecule has 2 aromatic heterocycles. The summed E-state index contributed by atoms with van der Waals surface area (Å²) in [6.45, 7) is 0.401. The summed E-state index contributed by atoms with van der Waals surface area (Å²) in [5, 5.41) is 3.78. The van der Waals surface area contributed by atoms with Crippen LogP contribution < -0.4 is 5.32 Å². The SMILES string of the molecule is CN(CC(=O)Nc1ccc2cc(Br)cnc2n1)C1CCC1. The molecule has 1 N–H and O–H groups in total. The molecule has 0 radical (unpaired) electrons. The molecule has 0 saturated heterocycles. The second-order valence-corrected chi connectivity index (χ2v) is 6.36. The summed E-state index contributed by atoms with van der Waals surface area (Å²) < 4.78 is 0.913. The van der Waals surface area contributed by atoms with Gasteiger partial charge >= 0.3 is 0 Å². The first kappa shape index (κ1) is 14.4. The topological polar surface area (TPSA) is 58.1 Å². The smallest absolute Gasteiger partial charge is 0.239 e. The van der Waals surface area contributed by atoms with Gasteiger partial charge in [0.15, 0.2) is 5.65 Å². The van der Waals surface area contributed by atoms with E-state index in [0.717, 1.165) is 9.86 Å². The zero-order valence-corrected chi connectivity index (χ0v) is 13.4. The van der Waals surface area contributed by atoms with E-state index >= 15 is 0 Å². The molecule has 21 heavy (non-hydrogen) atoms. The lowest BCUT2D eigenvalue weighted by Crippen LogP contribution is -2.41. The highest BCUT2D eigenvalue weighted by Crippen LogP contribution is 2.23. The minimum atomic E-state index is -0.0339. The fourth-order valence-corrected chi connectivity index (χ4v) is 2.77. The Bertz CT molecular complexity index is 672. The van der Waals surface area contributed by atoms with E-state index in [1.165, 1.54) is 19.3 Å². The number of halogens is 1. The van der Waals surface area contributed by atoms with Crippen LogP contribution in [0.2, 0.25) is 0 Å². The molecule has 1 amide bonds. The van der Waals surface area contributed by atoms with E-state index in [-0.39, 0.29) is 5.91 Å². The molecule has 0 spiro atoms. The molecule has 6 heteroatoms. The van der Waals surface area contributed by atoms with E-state index < -0.39 is 0 Å². The zero-order chi connectivity index (χ0) is 14.8. The third kappa shape index (κ3) is 3.39. The molecule has 0 unspecified atom stereocenters. The van der Waals surface area contributed by atoms with Gasteiger partial charge in [-0.05, 0) is 54.0 Å². The van der Waals surface area contributed by atoms with Gasteiger partial charge in [0.1, 0.15) is 5.82 Å². The monoisotopic (exact) mass is 348 g/mol. The molecule has 2 aromatic rings. The molecule has 3 rings (SSSR count). The molecule has 5 nitrogen and oxygen atoms in total. The molecule has 1 aliphatic rings. The molecule has 110 valence electrons. The first-order valence-electron chi connectivity index (χ1n) is 7.04. The first-order valence-corrected chi connectivity index (χ1v) is 7.83. The molecule has 0 atom stereocenters. The third-order valence-corrected chi connectivity index (χ3v) is 4.30. The molecule has 0 aromatic carbocycles. The molecular weight excluding hydrogens is 332 g/mol. The average molecular weight is 349 g/mol. The van der Waals surface area contributed by atoms with E-state index in [9.17, 15) is 4.79 Å². The highest BCUT2D eigenvalue weighted by Gasteiger charge is 2.23. The van der Waals surface area contributed by atoms with Crippen LogP contribution in [-0.4, -0.2) is 40.4 Å². The van der Waals surface area contributed by atoms with Gasteiger partial charge in [0.25, 0.3) is 0 Å². The second-order valence-electron chi connectivity index (χ2n) is 5.44. The van der Waals surface area contributed by atoms with E-state index in [2.05, 4.69) is 36.1 Å². The third-order valence-electron chi connectivity index (χ3n) is 3.87. The van der Waals surface area contributed by atoms with Crippen molar-refractivity contribution >= 4 is 38.7 Å². The maximum atomic E-state index is 12.0. The number of hydrogen-bond donors (Lipinski definition) is 1. The van der Waals surface area contributed by atoms with Crippen molar-refractivity contribution in [2.75, 3.05) is 18.9 Å². The average Bonchev–Trinajstić information content (AvgIpc) is 2.36. The number of likely N-dealkylation sites (N-methyl/N-ethyl adjacent to an activating group) is 1. The Hall–Kier alpha value is -1.53. The summed E-state index contributed by atoms with van der Waals surface area (Å²) in [6, 6.07) is 6.22. The van der Waals surface area contributed by atoms with Crippen molar-refractivity contribution in [1.82, 2.24) is 14.9 Å². The summed E-state index contributed by atoms with van der Waals surface area (Å²) in [5.41, 5.74) is 0.628. The number of nitrogens with zero attached hydrogens (tertiary/aromatic N) is 3. The summed E-state index contributed by atoms with van der Waals surface area (Å²) in [7, 11) is 2.00. The van der Waals surface area contributed by atoms with Crippen LogP contribution in [0.15, 0.2) is 28.9 Å². The van der Waals surface area contributed by atoms with E-state index in [1.807, 2.05) is 19.2 Å². The van der Waals surface area contributed by atoms with Crippen LogP contribution in [0.4, 0.5) is 5.82 Å². The normalized spacial score (nSPS) is 15.2. The van der Waals surface area contributed by atoms with Crippen LogP contribution >= 0.6 is 15.9 Å². The van der Waals surface area contributed by atoms with Crippen LogP contribution in [-0.2, 0) is 4.79 Å². The number of pyridine rings is 2. The van der Waals surface area contributed by atoms with Gasteiger partial charge in [0.05, 0.1) is 6.54 Å². The Morgan fingerprint density at radius 3 is 3.00 bits per heavy atom. The number of carbonyl (C=O) groups excluding carboxylic acids is 1. The molecule has 0 aliphatic heterocycles. The van der Waals surface area contributed by atoms with Crippen molar-refractivity contribution in [3.05, 3.63) is 28.9 Å². The van der Waals surface area contributed by atoms with Gasteiger partial charge in [-0.25, -0.2) is 9.97 Å². The minimum Gasteiger partial charge on any atom is -0.310 e. The van der Waals surface area contributed by atoms with Crippen molar-refractivity contribution in [2.24, 2.45) is 0 Å². The Morgan fingerprint density at radius 2 is 2.29 bits per heavy atom. The van der Waals surface area contributed by atoms with Crippen molar-refractivity contribution in [1.29, 1.82) is 0 Å². The Kier molecular flexibility index (Phi) is 4.17. The predicted octanol–water partition coefficient (Wildman–Crippen LogP) is 2.82. The Labute approximate surface area is 131 Å². The lowest BCUT2D eigenvalue weighted by molar-refractivity contribution is -0.117. The minimum absolute atomic E-state index is 0.0339. The molecule has 1 aliphatic carbocycles. The highest BCUT2D eigenvalue weighted by atomic mass is 79.9. The van der Waals surface area contributed by atoms with Gasteiger partial charge in [0.2, 0.25) is 5.91 Å². The Morgan fingerprint density at radius 1 is 1.48 bits per heavy atom. The van der Waals surface area contributed by atoms with Gasteiger partial charge in [-0.1, -0.05) is 6.42 Å². The van der Waals surface area contributed by atoms with Crippen molar-refractivity contribution in [3.63, 3.8) is 0 Å². The maximum Gasteiger partial charge on any atom is 0.239 e. The molecule has 2 heterocycles. The second kappa shape index (κ2) is 6.07. The van der Waals surface area contributed by atoms with Gasteiger partial charge < -0.3 is 5.32 Å². The van der Waals surface area contributed by atoms with Crippen LogP contribution in [0, 0.1) is 0 Å². The highest BCUT2D eigenvalue weighted by molar-refractivity contribution is 9.10. The number of fused-ring (bicyclic) bond motifs is 1. The maximum absolute atomic E-state index is 12.0. The summed E-state index contributed by atoms with van der Waals surface area (Å²) in [6.07, 6.45) is 5.35. The van der Waals surface area contributed by atoms with Crippen LogP contribution in [0.5, 0.6) is 0 Å². The summed E-state index contributed by atoms with van der Waals surface area (Å²) in [5.74, 6) is 0.512. The molecule has 1 fully saturated rings. The van der Waals surface area contributed by atoms with Crippen LogP contribution in [0.25, 0.3) is 11.0 Å². The van der Waals surface area contributed by atoms with Gasteiger partial charge in [-0.15, -0.1) is 0 Å². The summed E-state index contributed by atoms with van der Waals surface area (Å²) >= 11 is 3.38. The number of anilines is 1. The molecule has 0 bridgehead atoms. The van der Waals surface area contributed by atoms with E-state index in [1.54, 1.807) is 12.3 Å². The number of aromatic nitrogens is 2. The van der Waals surface area contributed by atoms with E-state index in [4.69, 9.17) is 0 Å². The Balaban J connectivity index is 1.66. The predicted molar refractivity (Wildman–Crippen MR) is 86.1 cm³/mol. The first-order chi connectivity index (χ1) is 10.1. The number of hydrogen-bond acceptors (Lipinski definition) is 4. The standard InChI is InChI=1S/C15H17BrN4O/c1-20(12-3-2-4-12)9-14(21)18-13-6-5-10-7-11(16)8-17-15(10)19-13/h5-8,12H,2-4,9H2,1H3,(H,17,18,19,21).